The number of aliphatic imine (C=N–C) groups is 1. The first kappa shape index (κ1) is 15.3. The van der Waals surface area contributed by atoms with Crippen molar-refractivity contribution >= 4 is 17.0 Å². The van der Waals surface area contributed by atoms with Gasteiger partial charge in [-0.25, -0.2) is 14.4 Å². The SMILES string of the molecule is Cc1cn2cc(N=C(c3ccccc3)c3ccccc3)cc(F)c2n1. The lowest BCUT2D eigenvalue weighted by molar-refractivity contribution is 0.630. The highest BCUT2D eigenvalue weighted by molar-refractivity contribution is 6.13. The van der Waals surface area contributed by atoms with Gasteiger partial charge in [-0.1, -0.05) is 60.7 Å². The number of aromatic nitrogens is 2. The van der Waals surface area contributed by atoms with Crippen LogP contribution in [-0.2, 0) is 0 Å². The molecule has 0 aliphatic rings. The fraction of sp³-hybridized carbons (Fsp3) is 0.0476. The third kappa shape index (κ3) is 3.06. The summed E-state index contributed by atoms with van der Waals surface area (Å²) in [5.74, 6) is -0.380. The van der Waals surface area contributed by atoms with E-state index >= 15 is 0 Å². The van der Waals surface area contributed by atoms with Gasteiger partial charge in [0.25, 0.3) is 0 Å². The molecular weight excluding hydrogens is 313 g/mol. The summed E-state index contributed by atoms with van der Waals surface area (Å²) in [6.07, 6.45) is 3.59. The fourth-order valence-corrected chi connectivity index (χ4v) is 2.84. The van der Waals surface area contributed by atoms with E-state index in [-0.39, 0.29) is 5.82 Å². The minimum atomic E-state index is -0.380. The second-order valence-corrected chi connectivity index (χ2v) is 5.85. The van der Waals surface area contributed by atoms with E-state index in [0.717, 1.165) is 22.5 Å². The standard InChI is InChI=1S/C21H16FN3/c1-15-13-25-14-18(12-19(22)21(25)23-15)24-20(16-8-4-2-5-9-16)17-10-6-3-7-11-17/h2-14H,1H3. The van der Waals surface area contributed by atoms with Gasteiger partial charge in [0.2, 0.25) is 0 Å². The van der Waals surface area contributed by atoms with E-state index < -0.39 is 0 Å². The third-order valence-corrected chi connectivity index (χ3v) is 3.95. The lowest BCUT2D eigenvalue weighted by Gasteiger charge is -2.08. The van der Waals surface area contributed by atoms with Crippen LogP contribution in [0.15, 0.2) is 84.1 Å². The topological polar surface area (TPSA) is 29.7 Å². The molecule has 0 aliphatic heterocycles. The van der Waals surface area contributed by atoms with Crippen LogP contribution in [0, 0.1) is 12.7 Å². The molecule has 0 spiro atoms. The Bertz CT molecular complexity index is 1010. The number of nitrogens with zero attached hydrogens (tertiary/aromatic N) is 3. The number of hydrogen-bond donors (Lipinski definition) is 0. The Kier molecular flexibility index (Phi) is 3.86. The number of rotatable bonds is 3. The van der Waals surface area contributed by atoms with Crippen LogP contribution < -0.4 is 0 Å². The summed E-state index contributed by atoms with van der Waals surface area (Å²) >= 11 is 0. The highest BCUT2D eigenvalue weighted by Crippen LogP contribution is 2.21. The summed E-state index contributed by atoms with van der Waals surface area (Å²) in [7, 11) is 0. The Morgan fingerprint density at radius 2 is 1.52 bits per heavy atom. The first-order valence-electron chi connectivity index (χ1n) is 8.05. The van der Waals surface area contributed by atoms with Crippen molar-refractivity contribution < 1.29 is 4.39 Å². The van der Waals surface area contributed by atoms with Crippen LogP contribution >= 0.6 is 0 Å². The monoisotopic (exact) mass is 329 g/mol. The molecule has 25 heavy (non-hydrogen) atoms. The number of pyridine rings is 1. The second-order valence-electron chi connectivity index (χ2n) is 5.85. The van der Waals surface area contributed by atoms with Crippen LogP contribution in [0.4, 0.5) is 10.1 Å². The predicted molar refractivity (Wildman–Crippen MR) is 98.1 cm³/mol. The fourth-order valence-electron chi connectivity index (χ4n) is 2.84. The van der Waals surface area contributed by atoms with Gasteiger partial charge in [-0.3, -0.25) is 0 Å². The predicted octanol–water partition coefficient (Wildman–Crippen LogP) is 4.95. The van der Waals surface area contributed by atoms with Gasteiger partial charge in [0, 0.05) is 29.6 Å². The van der Waals surface area contributed by atoms with Crippen molar-refractivity contribution in [1.82, 2.24) is 9.38 Å². The van der Waals surface area contributed by atoms with Crippen LogP contribution in [0.2, 0.25) is 0 Å². The molecule has 0 radical (unpaired) electrons. The van der Waals surface area contributed by atoms with E-state index in [0.29, 0.717) is 11.3 Å². The van der Waals surface area contributed by atoms with Crippen LogP contribution in [0.1, 0.15) is 16.8 Å². The number of benzene rings is 2. The van der Waals surface area contributed by atoms with Crippen LogP contribution in [0.5, 0.6) is 0 Å². The van der Waals surface area contributed by atoms with Gasteiger partial charge in [-0.05, 0) is 6.92 Å². The van der Waals surface area contributed by atoms with Gasteiger partial charge >= 0.3 is 0 Å². The van der Waals surface area contributed by atoms with Crippen molar-refractivity contribution in [3.05, 3.63) is 102 Å². The summed E-state index contributed by atoms with van der Waals surface area (Å²) in [6, 6.07) is 21.2. The first-order valence-corrected chi connectivity index (χ1v) is 8.05. The largest absolute Gasteiger partial charge is 0.302 e. The van der Waals surface area contributed by atoms with Crippen molar-refractivity contribution in [2.24, 2.45) is 4.99 Å². The van der Waals surface area contributed by atoms with Crippen LogP contribution in [0.25, 0.3) is 5.65 Å². The molecule has 4 aromatic rings. The Morgan fingerprint density at radius 1 is 0.920 bits per heavy atom. The molecule has 4 rings (SSSR count). The zero-order valence-corrected chi connectivity index (χ0v) is 13.7. The minimum Gasteiger partial charge on any atom is -0.302 e. The minimum absolute atomic E-state index is 0.317. The molecule has 0 amide bonds. The normalized spacial score (nSPS) is 10.8. The van der Waals surface area contributed by atoms with Crippen molar-refractivity contribution in [1.29, 1.82) is 0 Å². The summed E-state index contributed by atoms with van der Waals surface area (Å²) in [4.78, 5) is 8.94. The summed E-state index contributed by atoms with van der Waals surface area (Å²) in [5, 5.41) is 0. The molecule has 0 N–H and O–H groups in total. The van der Waals surface area contributed by atoms with Crippen molar-refractivity contribution in [3.63, 3.8) is 0 Å². The zero-order chi connectivity index (χ0) is 17.2. The molecule has 3 nitrogen and oxygen atoms in total. The molecule has 0 aliphatic carbocycles. The molecule has 2 aromatic heterocycles. The summed E-state index contributed by atoms with van der Waals surface area (Å²) in [5.41, 5.74) is 4.40. The van der Waals surface area contributed by atoms with Gasteiger partial charge < -0.3 is 4.40 Å². The number of aryl methyl sites for hydroxylation is 1. The van der Waals surface area contributed by atoms with Gasteiger partial charge in [0.15, 0.2) is 11.5 Å². The highest BCUT2D eigenvalue weighted by atomic mass is 19.1. The van der Waals surface area contributed by atoms with Gasteiger partial charge in [-0.2, -0.15) is 0 Å². The van der Waals surface area contributed by atoms with Crippen LogP contribution in [0.3, 0.4) is 0 Å². The van der Waals surface area contributed by atoms with Crippen LogP contribution in [-0.4, -0.2) is 15.1 Å². The molecule has 2 aromatic carbocycles. The first-order chi connectivity index (χ1) is 12.2. The van der Waals surface area contributed by atoms with Crippen molar-refractivity contribution in [2.75, 3.05) is 0 Å². The summed E-state index contributed by atoms with van der Waals surface area (Å²) < 4.78 is 16.0. The molecule has 0 bridgehead atoms. The molecule has 0 fully saturated rings. The Balaban J connectivity index is 1.90. The lowest BCUT2D eigenvalue weighted by Crippen LogP contribution is -2.02. The molecule has 0 saturated heterocycles. The molecule has 0 atom stereocenters. The van der Waals surface area contributed by atoms with E-state index in [1.165, 1.54) is 6.07 Å². The van der Waals surface area contributed by atoms with E-state index in [4.69, 9.17) is 4.99 Å². The van der Waals surface area contributed by atoms with Crippen molar-refractivity contribution in [2.45, 2.75) is 6.92 Å². The molecule has 122 valence electrons. The molecule has 0 saturated carbocycles. The number of halogens is 1. The Labute approximate surface area is 145 Å². The highest BCUT2D eigenvalue weighted by Gasteiger charge is 2.10. The van der Waals surface area contributed by atoms with E-state index in [1.54, 1.807) is 16.8 Å². The van der Waals surface area contributed by atoms with E-state index in [2.05, 4.69) is 4.98 Å². The molecule has 2 heterocycles. The molecular formula is C21H16FN3. The maximum atomic E-state index is 14.4. The number of hydrogen-bond acceptors (Lipinski definition) is 2. The quantitative estimate of drug-likeness (QED) is 0.489. The van der Waals surface area contributed by atoms with Gasteiger partial charge in [0.1, 0.15) is 0 Å². The third-order valence-electron chi connectivity index (χ3n) is 3.95. The smallest absolute Gasteiger partial charge is 0.173 e. The van der Waals surface area contributed by atoms with E-state index in [1.807, 2.05) is 67.6 Å². The second kappa shape index (κ2) is 6.32. The molecule has 0 unspecified atom stereocenters. The molecule has 4 heteroatoms. The number of fused-ring (bicyclic) bond motifs is 1. The van der Waals surface area contributed by atoms with Gasteiger partial charge in [-0.15, -0.1) is 0 Å². The van der Waals surface area contributed by atoms with E-state index in [9.17, 15) is 4.39 Å². The Hall–Kier alpha value is -3.27. The average molecular weight is 329 g/mol. The summed E-state index contributed by atoms with van der Waals surface area (Å²) in [6.45, 7) is 1.84. The average Bonchev–Trinajstić information content (AvgIpc) is 3.02. The van der Waals surface area contributed by atoms with Crippen molar-refractivity contribution in [3.8, 4) is 0 Å². The maximum absolute atomic E-state index is 14.4. The number of imidazole rings is 1. The zero-order valence-electron chi connectivity index (χ0n) is 13.7. The van der Waals surface area contributed by atoms with Gasteiger partial charge in [0.05, 0.1) is 17.1 Å². The maximum Gasteiger partial charge on any atom is 0.173 e. The lowest BCUT2D eigenvalue weighted by atomic mass is 10.0. The Morgan fingerprint density at radius 3 is 2.12 bits per heavy atom.